The molecule has 0 saturated carbocycles. The first-order valence-corrected chi connectivity index (χ1v) is 4.01. The quantitative estimate of drug-likeness (QED) is 0.531. The molecule has 0 bridgehead atoms. The van der Waals surface area contributed by atoms with Crippen molar-refractivity contribution in [3.63, 3.8) is 0 Å². The molecule has 2 atom stereocenters. The smallest absolute Gasteiger partial charge is 0.105 e. The molecule has 0 aliphatic heterocycles. The molecule has 0 rings (SSSR count). The summed E-state index contributed by atoms with van der Waals surface area (Å²) in [6, 6.07) is 0. The third-order valence-electron chi connectivity index (χ3n) is 1.67. The first-order chi connectivity index (χ1) is 5.40. The molecule has 0 aromatic rings. The highest BCUT2D eigenvalue weighted by Gasteiger charge is 2.28. The fraction of sp³-hybridized carbons (Fsp3) is 1.00. The van der Waals surface area contributed by atoms with E-state index in [1.807, 2.05) is 0 Å². The molecule has 2 unspecified atom stereocenters. The van der Waals surface area contributed by atoms with Crippen LogP contribution < -0.4 is 0 Å². The summed E-state index contributed by atoms with van der Waals surface area (Å²) >= 11 is 0. The Hall–Kier alpha value is -0.160. The van der Waals surface area contributed by atoms with Crippen molar-refractivity contribution in [2.45, 2.75) is 38.6 Å². The third kappa shape index (κ3) is 4.01. The highest BCUT2D eigenvalue weighted by atomic mass is 16.5. The van der Waals surface area contributed by atoms with Crippen LogP contribution in [0.3, 0.4) is 0 Å². The average Bonchev–Trinajstić information content (AvgIpc) is 1.99. The van der Waals surface area contributed by atoms with Gasteiger partial charge in [0.2, 0.25) is 0 Å². The van der Waals surface area contributed by atoms with Crippen LogP contribution in [0.2, 0.25) is 0 Å². The van der Waals surface area contributed by atoms with Crippen molar-refractivity contribution in [2.75, 3.05) is 13.2 Å². The number of hydrogen-bond donors (Lipinski definition) is 3. The van der Waals surface area contributed by atoms with Crippen LogP contribution in [-0.2, 0) is 4.74 Å². The number of aliphatic hydroxyl groups excluding tert-OH is 3. The zero-order valence-electron chi connectivity index (χ0n) is 7.82. The third-order valence-corrected chi connectivity index (χ3v) is 1.67. The average molecular weight is 178 g/mol. The van der Waals surface area contributed by atoms with Gasteiger partial charge >= 0.3 is 0 Å². The molecule has 0 spiro atoms. The van der Waals surface area contributed by atoms with Crippen LogP contribution in [0.1, 0.15) is 20.8 Å². The Morgan fingerprint density at radius 2 is 1.83 bits per heavy atom. The van der Waals surface area contributed by atoms with Crippen LogP contribution >= 0.6 is 0 Å². The minimum absolute atomic E-state index is 0.157. The lowest BCUT2D eigenvalue weighted by atomic mass is 10.0. The largest absolute Gasteiger partial charge is 0.394 e. The van der Waals surface area contributed by atoms with Gasteiger partial charge in [0.15, 0.2) is 0 Å². The number of rotatable bonds is 5. The molecule has 0 amide bonds. The zero-order chi connectivity index (χ0) is 9.78. The summed E-state index contributed by atoms with van der Waals surface area (Å²) in [5.74, 6) is 0. The van der Waals surface area contributed by atoms with Gasteiger partial charge in [-0.05, 0) is 20.8 Å². The summed E-state index contributed by atoms with van der Waals surface area (Å²) in [6.07, 6.45) is -1.48. The number of aliphatic hydroxyl groups is 3. The maximum atomic E-state index is 9.24. The van der Waals surface area contributed by atoms with Crippen LogP contribution in [0.5, 0.6) is 0 Å². The SMILES string of the molecule is CC(O)COC(C)(C)C(O)CO. The summed E-state index contributed by atoms with van der Waals surface area (Å²) in [7, 11) is 0. The Bertz CT molecular complexity index is 122. The minimum atomic E-state index is -0.920. The Balaban J connectivity index is 3.86. The van der Waals surface area contributed by atoms with Gasteiger partial charge in [-0.1, -0.05) is 0 Å². The van der Waals surface area contributed by atoms with Gasteiger partial charge in [-0.25, -0.2) is 0 Å². The van der Waals surface area contributed by atoms with Crippen molar-refractivity contribution in [3.05, 3.63) is 0 Å². The number of ether oxygens (including phenoxy) is 1. The molecule has 0 aromatic carbocycles. The predicted molar refractivity (Wildman–Crippen MR) is 44.8 cm³/mol. The molecule has 12 heavy (non-hydrogen) atoms. The molecule has 3 N–H and O–H groups in total. The van der Waals surface area contributed by atoms with E-state index in [1.165, 1.54) is 0 Å². The van der Waals surface area contributed by atoms with E-state index < -0.39 is 17.8 Å². The van der Waals surface area contributed by atoms with Gasteiger partial charge in [0.25, 0.3) is 0 Å². The van der Waals surface area contributed by atoms with Crippen molar-refractivity contribution in [2.24, 2.45) is 0 Å². The fourth-order valence-electron chi connectivity index (χ4n) is 0.651. The van der Waals surface area contributed by atoms with Crippen LogP contribution in [0.25, 0.3) is 0 Å². The van der Waals surface area contributed by atoms with Gasteiger partial charge in [0.1, 0.15) is 6.10 Å². The molecule has 4 heteroatoms. The standard InChI is InChI=1S/C8H18O4/c1-6(10)5-12-8(2,3)7(11)4-9/h6-7,9-11H,4-5H2,1-3H3. The monoisotopic (exact) mass is 178 g/mol. The summed E-state index contributed by atoms with van der Waals surface area (Å²) < 4.78 is 5.18. The lowest BCUT2D eigenvalue weighted by Crippen LogP contribution is -2.42. The maximum Gasteiger partial charge on any atom is 0.105 e. The molecule has 0 aromatic heterocycles. The van der Waals surface area contributed by atoms with Crippen molar-refractivity contribution in [3.8, 4) is 0 Å². The van der Waals surface area contributed by atoms with E-state index in [2.05, 4.69) is 0 Å². The normalized spacial score (nSPS) is 17.5. The van der Waals surface area contributed by atoms with Crippen molar-refractivity contribution in [1.29, 1.82) is 0 Å². The Labute approximate surface area is 72.8 Å². The molecule has 0 aliphatic carbocycles. The van der Waals surface area contributed by atoms with E-state index >= 15 is 0 Å². The second-order valence-corrected chi connectivity index (χ2v) is 3.46. The van der Waals surface area contributed by atoms with E-state index in [9.17, 15) is 5.11 Å². The van der Waals surface area contributed by atoms with Crippen LogP contribution in [0, 0.1) is 0 Å². The molecule has 74 valence electrons. The fourth-order valence-corrected chi connectivity index (χ4v) is 0.651. The van der Waals surface area contributed by atoms with Crippen molar-refractivity contribution in [1.82, 2.24) is 0 Å². The predicted octanol–water partition coefficient (Wildman–Crippen LogP) is -0.484. The van der Waals surface area contributed by atoms with E-state index in [-0.39, 0.29) is 13.2 Å². The molecule has 0 fully saturated rings. The van der Waals surface area contributed by atoms with Crippen molar-refractivity contribution < 1.29 is 20.1 Å². The minimum Gasteiger partial charge on any atom is -0.394 e. The van der Waals surface area contributed by atoms with Gasteiger partial charge in [0.05, 0.1) is 24.9 Å². The van der Waals surface area contributed by atoms with Gasteiger partial charge in [-0.3, -0.25) is 0 Å². The second-order valence-electron chi connectivity index (χ2n) is 3.46. The van der Waals surface area contributed by atoms with Crippen molar-refractivity contribution >= 4 is 0 Å². The Kier molecular flexibility index (Phi) is 4.70. The lowest BCUT2D eigenvalue weighted by Gasteiger charge is -2.30. The molecule has 0 radical (unpaired) electrons. The summed E-state index contributed by atoms with van der Waals surface area (Å²) in [4.78, 5) is 0. The molecule has 0 saturated heterocycles. The molecular formula is C8H18O4. The van der Waals surface area contributed by atoms with Gasteiger partial charge in [0, 0.05) is 0 Å². The lowest BCUT2D eigenvalue weighted by molar-refractivity contribution is -0.130. The summed E-state index contributed by atoms with van der Waals surface area (Å²) in [6.45, 7) is 4.74. The van der Waals surface area contributed by atoms with E-state index in [0.717, 1.165) is 0 Å². The summed E-state index contributed by atoms with van der Waals surface area (Å²) in [5.41, 5.74) is -0.814. The highest BCUT2D eigenvalue weighted by Crippen LogP contribution is 2.14. The molecule has 0 heterocycles. The first-order valence-electron chi connectivity index (χ1n) is 4.01. The van der Waals surface area contributed by atoms with Gasteiger partial charge in [-0.15, -0.1) is 0 Å². The first kappa shape index (κ1) is 11.8. The molecular weight excluding hydrogens is 160 g/mol. The van der Waals surface area contributed by atoms with Crippen LogP contribution in [0.15, 0.2) is 0 Å². The van der Waals surface area contributed by atoms with Gasteiger partial charge < -0.3 is 20.1 Å². The number of hydrogen-bond acceptors (Lipinski definition) is 4. The van der Waals surface area contributed by atoms with E-state index in [1.54, 1.807) is 20.8 Å². The zero-order valence-corrected chi connectivity index (χ0v) is 7.82. The van der Waals surface area contributed by atoms with Crippen LogP contribution in [0.4, 0.5) is 0 Å². The molecule has 4 nitrogen and oxygen atoms in total. The van der Waals surface area contributed by atoms with E-state index in [4.69, 9.17) is 14.9 Å². The second kappa shape index (κ2) is 4.77. The van der Waals surface area contributed by atoms with E-state index in [0.29, 0.717) is 0 Å². The van der Waals surface area contributed by atoms with Crippen LogP contribution in [-0.4, -0.2) is 46.3 Å². The highest BCUT2D eigenvalue weighted by molar-refractivity contribution is 4.78. The maximum absolute atomic E-state index is 9.24. The van der Waals surface area contributed by atoms with Gasteiger partial charge in [-0.2, -0.15) is 0 Å². The Morgan fingerprint density at radius 3 is 2.17 bits per heavy atom. The molecule has 0 aliphatic rings. The summed E-state index contributed by atoms with van der Waals surface area (Å²) in [5, 5.41) is 26.8. The topological polar surface area (TPSA) is 69.9 Å². The Morgan fingerprint density at radius 1 is 1.33 bits per heavy atom.